The zero-order valence-electron chi connectivity index (χ0n) is 21.1. The fourth-order valence-electron chi connectivity index (χ4n) is 4.59. The number of aliphatic hydroxyl groups excluding tert-OH is 1. The molecule has 6 N–H and O–H groups in total. The first-order valence-electron chi connectivity index (χ1n) is 12.9. The third-order valence-electron chi connectivity index (χ3n) is 6.86. The van der Waals surface area contributed by atoms with Crippen LogP contribution in [0.15, 0.2) is 12.2 Å². The van der Waals surface area contributed by atoms with Crippen LogP contribution in [-0.4, -0.2) is 72.2 Å². The molecule has 0 aromatic heterocycles. The van der Waals surface area contributed by atoms with E-state index in [9.17, 15) is 19.5 Å². The molecule has 3 amide bonds. The molecule has 2 rings (SSSR count). The molecule has 6 unspecified atom stereocenters. The molecule has 2 aliphatic rings. The second-order valence-electron chi connectivity index (χ2n) is 9.75. The lowest BCUT2D eigenvalue weighted by molar-refractivity contribution is -0.671. The number of thioether (sulfide) groups is 1. The van der Waals surface area contributed by atoms with E-state index in [-0.39, 0.29) is 36.0 Å². The lowest BCUT2D eigenvalue weighted by atomic mass is 9.82. The van der Waals surface area contributed by atoms with Crippen molar-refractivity contribution in [2.75, 3.05) is 31.1 Å². The first-order chi connectivity index (χ1) is 16.3. The van der Waals surface area contributed by atoms with Crippen molar-refractivity contribution in [3.05, 3.63) is 12.2 Å². The Kier molecular flexibility index (Phi) is 13.0. The second-order valence-corrected chi connectivity index (χ2v) is 10.8. The number of allylic oxidation sites excluding steroid dienone is 1. The normalized spacial score (nSPS) is 28.9. The molecule has 8 nitrogen and oxygen atoms in total. The summed E-state index contributed by atoms with van der Waals surface area (Å²) in [5.41, 5.74) is 0. The average Bonchev–Trinajstić information content (AvgIpc) is 2.82. The van der Waals surface area contributed by atoms with Crippen LogP contribution in [0.1, 0.15) is 59.3 Å². The van der Waals surface area contributed by atoms with E-state index in [1.165, 1.54) is 0 Å². The molecule has 1 fully saturated rings. The number of aliphatic hydroxyl groups is 1. The summed E-state index contributed by atoms with van der Waals surface area (Å²) in [6.45, 7) is 8.07. The number of carbonyl (C=O) groups excluding carboxylic acids is 3. The van der Waals surface area contributed by atoms with E-state index in [1.807, 2.05) is 0 Å². The van der Waals surface area contributed by atoms with Gasteiger partial charge >= 0.3 is 0 Å². The predicted molar refractivity (Wildman–Crippen MR) is 136 cm³/mol. The first-order valence-corrected chi connectivity index (χ1v) is 14.1. The number of nitrogens with one attached hydrogen (secondary N) is 3. The summed E-state index contributed by atoms with van der Waals surface area (Å²) in [6, 6.07) is -1.19. The Morgan fingerprint density at radius 1 is 1.26 bits per heavy atom. The number of quaternary nitrogens is 1. The second kappa shape index (κ2) is 15.4. The van der Waals surface area contributed by atoms with Gasteiger partial charge in [0.25, 0.3) is 0 Å². The van der Waals surface area contributed by atoms with Crippen LogP contribution in [0.5, 0.6) is 0 Å². The topological polar surface area (TPSA) is 124 Å². The molecule has 6 atom stereocenters. The number of amides is 3. The number of hydrogen-bond acceptors (Lipinski definition) is 5. The number of carbonyl (C=O) groups is 3. The van der Waals surface area contributed by atoms with Gasteiger partial charge in [-0.05, 0) is 32.6 Å². The Labute approximate surface area is 208 Å². The summed E-state index contributed by atoms with van der Waals surface area (Å²) >= 11 is 1.64. The van der Waals surface area contributed by atoms with Gasteiger partial charge in [0.2, 0.25) is 17.7 Å². The molecule has 0 aliphatic carbocycles. The minimum atomic E-state index is -0.857. The van der Waals surface area contributed by atoms with Gasteiger partial charge in [-0.3, -0.25) is 14.4 Å². The first kappa shape index (κ1) is 28.7. The molecule has 0 radical (unpaired) electrons. The van der Waals surface area contributed by atoms with Crippen LogP contribution < -0.4 is 21.3 Å². The third-order valence-corrected chi connectivity index (χ3v) is 7.88. The molecular formula is C25H45N4O4S+. The molecule has 0 aromatic rings. The van der Waals surface area contributed by atoms with Gasteiger partial charge in [0.05, 0.1) is 31.2 Å². The Balaban J connectivity index is 2.03. The fraction of sp³-hybridized carbons (Fsp3) is 0.800. The standard InChI is InChI=1S/C25H44N4O4S/c1-4-5-11-27-23(31)17(2)14-22(30)21-16-34-13-8-6-7-9-19-15-26-12-10-20(19)25(33)28-18(3)24(32)29-21/h6,8,17-22,26,30H,4-5,7,9-16H2,1-3H3,(H,27,31)(H,28,33)(H,29,32)/p+1. The molecule has 194 valence electrons. The molecule has 0 aromatic carbocycles. The molecule has 2 aliphatic heterocycles. The predicted octanol–water partition coefficient (Wildman–Crippen LogP) is 0.562. The quantitative estimate of drug-likeness (QED) is 0.260. The molecule has 34 heavy (non-hydrogen) atoms. The van der Waals surface area contributed by atoms with Crippen molar-refractivity contribution in [3.8, 4) is 0 Å². The van der Waals surface area contributed by atoms with Crippen molar-refractivity contribution in [3.63, 3.8) is 0 Å². The van der Waals surface area contributed by atoms with Gasteiger partial charge in [-0.2, -0.15) is 11.8 Å². The summed E-state index contributed by atoms with van der Waals surface area (Å²) in [7, 11) is 0. The molecule has 1 saturated heterocycles. The van der Waals surface area contributed by atoms with Gasteiger partial charge in [-0.15, -0.1) is 0 Å². The average molecular weight is 498 g/mol. The Morgan fingerprint density at radius 2 is 2.06 bits per heavy atom. The summed E-state index contributed by atoms with van der Waals surface area (Å²) in [6.07, 6.45) is 8.37. The van der Waals surface area contributed by atoms with Crippen LogP contribution >= 0.6 is 11.8 Å². The van der Waals surface area contributed by atoms with Crippen LogP contribution in [0.2, 0.25) is 0 Å². The van der Waals surface area contributed by atoms with E-state index in [1.54, 1.807) is 25.6 Å². The maximum atomic E-state index is 13.0. The lowest BCUT2D eigenvalue weighted by Crippen LogP contribution is -2.88. The largest absolute Gasteiger partial charge is 0.391 e. The van der Waals surface area contributed by atoms with E-state index in [0.29, 0.717) is 18.2 Å². The lowest BCUT2D eigenvalue weighted by Gasteiger charge is -2.30. The highest BCUT2D eigenvalue weighted by Crippen LogP contribution is 2.23. The highest BCUT2D eigenvalue weighted by molar-refractivity contribution is 7.99. The van der Waals surface area contributed by atoms with Gasteiger partial charge in [0.15, 0.2) is 0 Å². The molecule has 9 heteroatoms. The molecule has 2 heterocycles. The highest BCUT2D eigenvalue weighted by atomic mass is 32.2. The van der Waals surface area contributed by atoms with Crippen molar-refractivity contribution in [2.24, 2.45) is 17.8 Å². The van der Waals surface area contributed by atoms with E-state index < -0.39 is 18.2 Å². The van der Waals surface area contributed by atoms with Crippen LogP contribution in [0.3, 0.4) is 0 Å². The molecule has 0 bridgehead atoms. The van der Waals surface area contributed by atoms with Crippen molar-refractivity contribution in [1.82, 2.24) is 16.0 Å². The number of rotatable bonds is 7. The van der Waals surface area contributed by atoms with E-state index in [0.717, 1.165) is 50.9 Å². The number of unbranched alkanes of at least 4 members (excludes halogenated alkanes) is 1. The monoisotopic (exact) mass is 497 g/mol. The number of hydrogen-bond donors (Lipinski definition) is 5. The molecule has 0 spiro atoms. The Hall–Kier alpha value is -1.58. The minimum absolute atomic E-state index is 0.0524. The van der Waals surface area contributed by atoms with Gasteiger partial charge in [0, 0.05) is 36.3 Å². The number of piperidine rings is 1. The summed E-state index contributed by atoms with van der Waals surface area (Å²) in [4.78, 5) is 38.2. The van der Waals surface area contributed by atoms with E-state index >= 15 is 0 Å². The Morgan fingerprint density at radius 3 is 2.82 bits per heavy atom. The third kappa shape index (κ3) is 9.58. The van der Waals surface area contributed by atoms with E-state index in [4.69, 9.17) is 0 Å². The molecular weight excluding hydrogens is 452 g/mol. The number of fused-ring (bicyclic) bond motifs is 1. The van der Waals surface area contributed by atoms with Gasteiger partial charge in [0.1, 0.15) is 6.04 Å². The van der Waals surface area contributed by atoms with Crippen molar-refractivity contribution in [2.45, 2.75) is 77.5 Å². The maximum absolute atomic E-state index is 13.0. The SMILES string of the molecule is CCCCNC(=O)C(C)CC(O)C1CSCC=CCCC2C[NH2+]CCC2C(=O)NC(C)C(=O)N1. The highest BCUT2D eigenvalue weighted by Gasteiger charge is 2.34. The summed E-state index contributed by atoms with van der Waals surface area (Å²) in [5.74, 6) is 0.772. The van der Waals surface area contributed by atoms with Crippen LogP contribution in [-0.2, 0) is 14.4 Å². The van der Waals surface area contributed by atoms with Crippen molar-refractivity contribution in [1.29, 1.82) is 0 Å². The summed E-state index contributed by atoms with van der Waals surface area (Å²) in [5, 5.41) is 21.9. The van der Waals surface area contributed by atoms with E-state index in [2.05, 4.69) is 40.3 Å². The zero-order chi connectivity index (χ0) is 24.9. The number of nitrogens with two attached hydrogens (primary N) is 1. The maximum Gasteiger partial charge on any atom is 0.242 e. The minimum Gasteiger partial charge on any atom is -0.391 e. The zero-order valence-corrected chi connectivity index (χ0v) is 21.9. The summed E-state index contributed by atoms with van der Waals surface area (Å²) < 4.78 is 0. The Bertz CT molecular complexity index is 690. The van der Waals surface area contributed by atoms with Crippen LogP contribution in [0.4, 0.5) is 0 Å². The fourth-order valence-corrected chi connectivity index (χ4v) is 5.56. The van der Waals surface area contributed by atoms with Gasteiger partial charge in [-0.1, -0.05) is 32.4 Å². The van der Waals surface area contributed by atoms with Gasteiger partial charge in [-0.25, -0.2) is 0 Å². The molecule has 0 saturated carbocycles. The van der Waals surface area contributed by atoms with Crippen LogP contribution in [0, 0.1) is 17.8 Å². The van der Waals surface area contributed by atoms with Crippen molar-refractivity contribution < 1.29 is 24.8 Å². The van der Waals surface area contributed by atoms with Gasteiger partial charge < -0.3 is 26.4 Å². The van der Waals surface area contributed by atoms with Crippen LogP contribution in [0.25, 0.3) is 0 Å². The van der Waals surface area contributed by atoms with Crippen molar-refractivity contribution >= 4 is 29.5 Å². The smallest absolute Gasteiger partial charge is 0.242 e.